The first-order valence-electron chi connectivity index (χ1n) is 6.65. The average molecular weight is 259 g/mol. The molecule has 1 fully saturated rings. The van der Waals surface area contributed by atoms with Crippen LogP contribution in [-0.2, 0) is 19.0 Å². The quantitative estimate of drug-likeness (QED) is 0.697. The van der Waals surface area contributed by atoms with Crippen molar-refractivity contribution in [3.63, 3.8) is 0 Å². The molecule has 0 saturated carbocycles. The van der Waals surface area contributed by atoms with Crippen molar-refractivity contribution >= 4 is 5.97 Å². The number of carbonyl (C=O) groups excluding carboxylic acids is 1. The van der Waals surface area contributed by atoms with Crippen molar-refractivity contribution in [2.75, 3.05) is 19.8 Å². The van der Waals surface area contributed by atoms with Crippen LogP contribution in [0.1, 0.15) is 40.0 Å². The number of esters is 1. The van der Waals surface area contributed by atoms with Gasteiger partial charge in [0, 0.05) is 13.0 Å². The summed E-state index contributed by atoms with van der Waals surface area (Å²) in [7, 11) is 0. The molecule has 0 aromatic heterocycles. The van der Waals surface area contributed by atoms with Gasteiger partial charge in [-0.25, -0.2) is 0 Å². The second-order valence-electron chi connectivity index (χ2n) is 5.12. The van der Waals surface area contributed by atoms with Crippen LogP contribution >= 0.6 is 0 Å². The first-order chi connectivity index (χ1) is 8.45. The summed E-state index contributed by atoms with van der Waals surface area (Å²) < 4.78 is 16.1. The number of hydrogen-bond donors (Lipinski definition) is 1. The Hall–Kier alpha value is -0.650. The molecule has 0 aromatic rings. The lowest BCUT2D eigenvalue weighted by molar-refractivity contribution is -0.150. The van der Waals surface area contributed by atoms with Crippen molar-refractivity contribution in [1.29, 1.82) is 0 Å². The van der Waals surface area contributed by atoms with Crippen molar-refractivity contribution in [2.45, 2.75) is 57.8 Å². The van der Waals surface area contributed by atoms with Gasteiger partial charge in [0.05, 0.1) is 25.4 Å². The highest BCUT2D eigenvalue weighted by molar-refractivity contribution is 5.80. The summed E-state index contributed by atoms with van der Waals surface area (Å²) in [4.78, 5) is 11.6. The summed E-state index contributed by atoms with van der Waals surface area (Å²) in [6, 6.07) is 0. The summed E-state index contributed by atoms with van der Waals surface area (Å²) in [5.74, 6) is -0.377. The Labute approximate surface area is 109 Å². The third-order valence-corrected chi connectivity index (χ3v) is 3.04. The van der Waals surface area contributed by atoms with E-state index in [1.807, 2.05) is 6.92 Å². The number of carbonyl (C=O) groups is 1. The van der Waals surface area contributed by atoms with E-state index in [4.69, 9.17) is 19.9 Å². The number of rotatable bonds is 7. The topological polar surface area (TPSA) is 70.8 Å². The van der Waals surface area contributed by atoms with E-state index >= 15 is 0 Å². The van der Waals surface area contributed by atoms with Gasteiger partial charge < -0.3 is 19.9 Å². The molecule has 1 rings (SSSR count). The molecule has 1 heterocycles. The predicted molar refractivity (Wildman–Crippen MR) is 68.2 cm³/mol. The lowest BCUT2D eigenvalue weighted by atomic mass is 9.96. The summed E-state index contributed by atoms with van der Waals surface area (Å²) in [6.45, 7) is 7.10. The van der Waals surface area contributed by atoms with E-state index < -0.39 is 5.54 Å². The van der Waals surface area contributed by atoms with Gasteiger partial charge in [-0.15, -0.1) is 0 Å². The third-order valence-electron chi connectivity index (χ3n) is 3.04. The molecule has 18 heavy (non-hydrogen) atoms. The molecule has 3 unspecified atom stereocenters. The molecule has 1 aliphatic heterocycles. The van der Waals surface area contributed by atoms with Gasteiger partial charge in [0.25, 0.3) is 0 Å². The Balaban J connectivity index is 2.28. The zero-order valence-electron chi connectivity index (χ0n) is 11.6. The fourth-order valence-corrected chi connectivity index (χ4v) is 2.08. The maximum Gasteiger partial charge on any atom is 0.325 e. The van der Waals surface area contributed by atoms with Gasteiger partial charge in [-0.05, 0) is 33.6 Å². The van der Waals surface area contributed by atoms with Gasteiger partial charge >= 0.3 is 5.97 Å². The van der Waals surface area contributed by atoms with E-state index in [0.29, 0.717) is 19.6 Å². The van der Waals surface area contributed by atoms with Gasteiger partial charge in [0.15, 0.2) is 0 Å². The molecule has 0 bridgehead atoms. The molecule has 0 aliphatic carbocycles. The SMILES string of the molecule is CCOC(=O)C(C)(N)CC(C)OCC1CCCO1. The largest absolute Gasteiger partial charge is 0.465 e. The zero-order valence-corrected chi connectivity index (χ0v) is 11.6. The number of ether oxygens (including phenoxy) is 3. The first-order valence-corrected chi connectivity index (χ1v) is 6.65. The molecule has 5 nitrogen and oxygen atoms in total. The van der Waals surface area contributed by atoms with Gasteiger partial charge in [-0.3, -0.25) is 4.79 Å². The van der Waals surface area contributed by atoms with Crippen LogP contribution in [0.2, 0.25) is 0 Å². The summed E-state index contributed by atoms with van der Waals surface area (Å²) in [5, 5.41) is 0. The van der Waals surface area contributed by atoms with Gasteiger partial charge in [0.2, 0.25) is 0 Å². The van der Waals surface area contributed by atoms with E-state index in [1.165, 1.54) is 0 Å². The smallest absolute Gasteiger partial charge is 0.325 e. The minimum atomic E-state index is -0.994. The van der Waals surface area contributed by atoms with E-state index in [-0.39, 0.29) is 18.2 Å². The monoisotopic (exact) mass is 259 g/mol. The maximum absolute atomic E-state index is 11.6. The summed E-state index contributed by atoms with van der Waals surface area (Å²) in [6.07, 6.45) is 2.69. The highest BCUT2D eigenvalue weighted by Gasteiger charge is 2.32. The Morgan fingerprint density at radius 1 is 1.61 bits per heavy atom. The van der Waals surface area contributed by atoms with Crippen LogP contribution < -0.4 is 5.73 Å². The van der Waals surface area contributed by atoms with Crippen LogP contribution in [-0.4, -0.2) is 43.5 Å². The van der Waals surface area contributed by atoms with E-state index in [2.05, 4.69) is 0 Å². The fraction of sp³-hybridized carbons (Fsp3) is 0.923. The molecule has 0 spiro atoms. The highest BCUT2D eigenvalue weighted by Crippen LogP contribution is 2.17. The third kappa shape index (κ3) is 4.92. The summed E-state index contributed by atoms with van der Waals surface area (Å²) >= 11 is 0. The Bertz CT molecular complexity index is 262. The standard InChI is InChI=1S/C13H25NO4/c1-4-16-12(15)13(3,14)8-10(2)18-9-11-6-5-7-17-11/h10-11H,4-9,14H2,1-3H3. The van der Waals surface area contributed by atoms with Crippen molar-refractivity contribution in [3.8, 4) is 0 Å². The normalized spacial score (nSPS) is 24.6. The Morgan fingerprint density at radius 3 is 2.89 bits per heavy atom. The molecular formula is C13H25NO4. The molecule has 3 atom stereocenters. The molecule has 0 amide bonds. The maximum atomic E-state index is 11.6. The minimum Gasteiger partial charge on any atom is -0.465 e. The highest BCUT2D eigenvalue weighted by atomic mass is 16.5. The Morgan fingerprint density at radius 2 is 2.33 bits per heavy atom. The van der Waals surface area contributed by atoms with Crippen molar-refractivity contribution < 1.29 is 19.0 Å². The van der Waals surface area contributed by atoms with Crippen molar-refractivity contribution in [3.05, 3.63) is 0 Å². The van der Waals surface area contributed by atoms with Gasteiger partial charge in [0.1, 0.15) is 5.54 Å². The van der Waals surface area contributed by atoms with E-state index in [0.717, 1.165) is 19.4 Å². The molecule has 1 saturated heterocycles. The first kappa shape index (κ1) is 15.4. The molecule has 0 aromatic carbocycles. The molecule has 106 valence electrons. The lowest BCUT2D eigenvalue weighted by Gasteiger charge is -2.26. The molecular weight excluding hydrogens is 234 g/mol. The fourth-order valence-electron chi connectivity index (χ4n) is 2.08. The molecule has 2 N–H and O–H groups in total. The van der Waals surface area contributed by atoms with E-state index in [9.17, 15) is 4.79 Å². The Kier molecular flexibility index (Phi) is 6.05. The van der Waals surface area contributed by atoms with Crippen LogP contribution in [0.3, 0.4) is 0 Å². The molecule has 5 heteroatoms. The van der Waals surface area contributed by atoms with Gasteiger partial charge in [-0.2, -0.15) is 0 Å². The number of nitrogens with two attached hydrogens (primary N) is 1. The molecule has 1 aliphatic rings. The summed E-state index contributed by atoms with van der Waals surface area (Å²) in [5.41, 5.74) is 4.95. The van der Waals surface area contributed by atoms with Crippen LogP contribution in [0.5, 0.6) is 0 Å². The molecule has 0 radical (unpaired) electrons. The van der Waals surface area contributed by atoms with Gasteiger partial charge in [-0.1, -0.05) is 0 Å². The predicted octanol–water partition coefficient (Wildman–Crippen LogP) is 1.24. The second kappa shape index (κ2) is 7.07. The minimum absolute atomic E-state index is 0.0893. The van der Waals surface area contributed by atoms with Crippen LogP contribution in [0.25, 0.3) is 0 Å². The van der Waals surface area contributed by atoms with Crippen molar-refractivity contribution in [2.24, 2.45) is 5.73 Å². The van der Waals surface area contributed by atoms with Crippen LogP contribution in [0.4, 0.5) is 0 Å². The lowest BCUT2D eigenvalue weighted by Crippen LogP contribution is -2.48. The second-order valence-corrected chi connectivity index (χ2v) is 5.12. The van der Waals surface area contributed by atoms with Crippen LogP contribution in [0, 0.1) is 0 Å². The van der Waals surface area contributed by atoms with Crippen molar-refractivity contribution in [1.82, 2.24) is 0 Å². The zero-order chi connectivity index (χ0) is 13.6. The number of hydrogen-bond acceptors (Lipinski definition) is 5. The van der Waals surface area contributed by atoms with Crippen LogP contribution in [0.15, 0.2) is 0 Å². The van der Waals surface area contributed by atoms with E-state index in [1.54, 1.807) is 13.8 Å². The average Bonchev–Trinajstić information content (AvgIpc) is 2.79.